The number of hydrogen-bond donors (Lipinski definition) is 0. The molecule has 0 atom stereocenters. The van der Waals surface area contributed by atoms with E-state index in [1.165, 1.54) is 0 Å². The molecule has 0 aliphatic carbocycles. The molecule has 5 heteroatoms. The quantitative estimate of drug-likeness (QED) is 0.709. The molecule has 0 fully saturated rings. The van der Waals surface area contributed by atoms with E-state index in [0.717, 1.165) is 16.0 Å². The Morgan fingerprint density at radius 2 is 1.60 bits per heavy atom. The van der Waals surface area contributed by atoms with Gasteiger partial charge in [0.05, 0.1) is 12.1 Å². The van der Waals surface area contributed by atoms with Crippen LogP contribution in [0.3, 0.4) is 0 Å². The fourth-order valence-electron chi connectivity index (χ4n) is 1.57. The van der Waals surface area contributed by atoms with Crippen LogP contribution in [-0.2, 0) is 0 Å². The summed E-state index contributed by atoms with van der Waals surface area (Å²) >= 11 is 9.40. The van der Waals surface area contributed by atoms with Gasteiger partial charge < -0.3 is 14.2 Å². The van der Waals surface area contributed by atoms with E-state index in [1.807, 2.05) is 36.4 Å². The summed E-state index contributed by atoms with van der Waals surface area (Å²) in [5.41, 5.74) is 0. The van der Waals surface area contributed by atoms with Gasteiger partial charge in [-0.3, -0.25) is 0 Å². The Morgan fingerprint density at radius 1 is 0.950 bits per heavy atom. The largest absolute Gasteiger partial charge is 0.497 e. The van der Waals surface area contributed by atoms with Gasteiger partial charge in [-0.05, 0) is 42.5 Å². The van der Waals surface area contributed by atoms with Crippen LogP contribution in [0.4, 0.5) is 0 Å². The van der Waals surface area contributed by atoms with Crippen LogP contribution in [0.5, 0.6) is 17.2 Å². The Kier molecular flexibility index (Phi) is 5.56. The van der Waals surface area contributed by atoms with Crippen LogP contribution in [0.1, 0.15) is 0 Å². The molecule has 2 rings (SSSR count). The molecule has 0 bridgehead atoms. The van der Waals surface area contributed by atoms with Gasteiger partial charge in [0.25, 0.3) is 0 Å². The molecule has 0 heterocycles. The third kappa shape index (κ3) is 4.32. The van der Waals surface area contributed by atoms with Crippen molar-refractivity contribution >= 4 is 27.5 Å². The van der Waals surface area contributed by atoms with Gasteiger partial charge in [-0.15, -0.1) is 0 Å². The molecule has 0 radical (unpaired) electrons. The zero-order valence-corrected chi connectivity index (χ0v) is 13.3. The number of methoxy groups -OCH3 is 1. The van der Waals surface area contributed by atoms with Crippen molar-refractivity contribution in [2.45, 2.75) is 0 Å². The monoisotopic (exact) mass is 356 g/mol. The lowest BCUT2D eigenvalue weighted by atomic mass is 10.3. The van der Waals surface area contributed by atoms with Crippen molar-refractivity contribution in [2.75, 3.05) is 20.3 Å². The highest BCUT2D eigenvalue weighted by Gasteiger charge is 2.02. The minimum absolute atomic E-state index is 0.419. The predicted molar refractivity (Wildman–Crippen MR) is 83.1 cm³/mol. The fraction of sp³-hybridized carbons (Fsp3) is 0.200. The summed E-state index contributed by atoms with van der Waals surface area (Å²) in [4.78, 5) is 0. The Morgan fingerprint density at radius 3 is 2.30 bits per heavy atom. The van der Waals surface area contributed by atoms with E-state index < -0.39 is 0 Å². The van der Waals surface area contributed by atoms with Crippen LogP contribution in [0.15, 0.2) is 46.9 Å². The lowest BCUT2D eigenvalue weighted by Gasteiger charge is -2.10. The zero-order chi connectivity index (χ0) is 14.4. The van der Waals surface area contributed by atoms with Crippen molar-refractivity contribution in [3.8, 4) is 17.2 Å². The highest BCUT2D eigenvalue weighted by Crippen LogP contribution is 2.27. The third-order valence-corrected chi connectivity index (χ3v) is 3.37. The van der Waals surface area contributed by atoms with Crippen molar-refractivity contribution in [1.29, 1.82) is 0 Å². The Balaban J connectivity index is 1.79. The summed E-state index contributed by atoms with van der Waals surface area (Å²) in [7, 11) is 1.63. The molecular weight excluding hydrogens is 344 g/mol. The van der Waals surface area contributed by atoms with Gasteiger partial charge in [-0.1, -0.05) is 27.5 Å². The highest BCUT2D eigenvalue weighted by atomic mass is 79.9. The third-order valence-electron chi connectivity index (χ3n) is 2.56. The number of hydrogen-bond acceptors (Lipinski definition) is 3. The van der Waals surface area contributed by atoms with Crippen LogP contribution in [0.25, 0.3) is 0 Å². The summed E-state index contributed by atoms with van der Waals surface area (Å²) in [6.45, 7) is 0.859. The average Bonchev–Trinajstić information content (AvgIpc) is 2.47. The van der Waals surface area contributed by atoms with Crippen molar-refractivity contribution < 1.29 is 14.2 Å². The first-order valence-electron chi connectivity index (χ1n) is 6.04. The molecule has 0 aliphatic heterocycles. The molecule has 0 aromatic heterocycles. The Labute approximate surface area is 131 Å². The van der Waals surface area contributed by atoms with Gasteiger partial charge in [-0.25, -0.2) is 0 Å². The van der Waals surface area contributed by atoms with E-state index >= 15 is 0 Å². The smallest absolute Gasteiger partial charge is 0.139 e. The van der Waals surface area contributed by atoms with Crippen molar-refractivity contribution in [2.24, 2.45) is 0 Å². The van der Waals surface area contributed by atoms with E-state index in [1.54, 1.807) is 13.2 Å². The first-order chi connectivity index (χ1) is 9.69. The molecule has 0 unspecified atom stereocenters. The summed E-state index contributed by atoms with van der Waals surface area (Å²) in [6.07, 6.45) is 0. The molecular formula is C15H14BrClO3. The summed E-state index contributed by atoms with van der Waals surface area (Å²) in [5, 5.41) is 0.581. The van der Waals surface area contributed by atoms with Crippen LogP contribution in [0, 0.1) is 0 Å². The van der Waals surface area contributed by atoms with Gasteiger partial charge in [0.1, 0.15) is 30.5 Å². The summed E-state index contributed by atoms with van der Waals surface area (Å²) < 4.78 is 17.1. The second-order valence-electron chi connectivity index (χ2n) is 3.95. The highest BCUT2D eigenvalue weighted by molar-refractivity contribution is 9.10. The maximum Gasteiger partial charge on any atom is 0.139 e. The molecule has 20 heavy (non-hydrogen) atoms. The van der Waals surface area contributed by atoms with Crippen LogP contribution in [0.2, 0.25) is 5.02 Å². The minimum Gasteiger partial charge on any atom is -0.497 e. The first-order valence-corrected chi connectivity index (χ1v) is 7.21. The lowest BCUT2D eigenvalue weighted by molar-refractivity contribution is 0.217. The first kappa shape index (κ1) is 15.0. The van der Waals surface area contributed by atoms with E-state index in [-0.39, 0.29) is 0 Å². The van der Waals surface area contributed by atoms with Crippen molar-refractivity contribution in [3.05, 3.63) is 52.0 Å². The van der Waals surface area contributed by atoms with Crippen LogP contribution < -0.4 is 14.2 Å². The summed E-state index contributed by atoms with van der Waals surface area (Å²) in [5.74, 6) is 2.21. The van der Waals surface area contributed by atoms with Crippen molar-refractivity contribution in [3.63, 3.8) is 0 Å². The second kappa shape index (κ2) is 7.41. The molecule has 0 spiro atoms. The minimum atomic E-state index is 0.419. The lowest BCUT2D eigenvalue weighted by Crippen LogP contribution is -2.09. The standard InChI is InChI=1S/C15H14BrClO3/c1-18-12-3-5-13(6-4-12)19-8-9-20-15-10-11(16)2-7-14(15)17/h2-7,10H,8-9H2,1H3. The average molecular weight is 358 g/mol. The van der Waals surface area contributed by atoms with Crippen LogP contribution in [-0.4, -0.2) is 20.3 Å². The number of rotatable bonds is 6. The SMILES string of the molecule is COc1ccc(OCCOc2cc(Br)ccc2Cl)cc1. The number of halogens is 2. The molecule has 0 N–H and O–H groups in total. The van der Waals surface area contributed by atoms with Crippen LogP contribution >= 0.6 is 27.5 Å². The van der Waals surface area contributed by atoms with Gasteiger partial charge in [0.15, 0.2) is 0 Å². The maximum absolute atomic E-state index is 6.02. The molecule has 0 saturated carbocycles. The van der Waals surface area contributed by atoms with E-state index in [2.05, 4.69) is 15.9 Å². The number of ether oxygens (including phenoxy) is 3. The molecule has 106 valence electrons. The van der Waals surface area contributed by atoms with E-state index in [9.17, 15) is 0 Å². The molecule has 0 amide bonds. The topological polar surface area (TPSA) is 27.7 Å². The van der Waals surface area contributed by atoms with Gasteiger partial charge >= 0.3 is 0 Å². The van der Waals surface area contributed by atoms with Gasteiger partial charge in [0, 0.05) is 4.47 Å². The predicted octanol–water partition coefficient (Wildman–Crippen LogP) is 4.57. The molecule has 2 aromatic rings. The van der Waals surface area contributed by atoms with E-state index in [4.69, 9.17) is 25.8 Å². The maximum atomic E-state index is 6.02. The van der Waals surface area contributed by atoms with Gasteiger partial charge in [0.2, 0.25) is 0 Å². The Bertz CT molecular complexity index is 558. The molecule has 0 saturated heterocycles. The zero-order valence-electron chi connectivity index (χ0n) is 10.9. The normalized spacial score (nSPS) is 10.2. The molecule has 3 nitrogen and oxygen atoms in total. The van der Waals surface area contributed by atoms with Crippen molar-refractivity contribution in [1.82, 2.24) is 0 Å². The second-order valence-corrected chi connectivity index (χ2v) is 5.27. The van der Waals surface area contributed by atoms with E-state index in [0.29, 0.717) is 24.0 Å². The summed E-state index contributed by atoms with van der Waals surface area (Å²) in [6, 6.07) is 12.9. The molecule has 2 aromatic carbocycles. The fourth-order valence-corrected chi connectivity index (χ4v) is 2.08. The number of benzene rings is 2. The van der Waals surface area contributed by atoms with Gasteiger partial charge in [-0.2, -0.15) is 0 Å². The Hall–Kier alpha value is -1.39. The molecule has 0 aliphatic rings.